The van der Waals surface area contributed by atoms with Crippen LogP contribution in [0, 0.1) is 11.6 Å². The number of hydrogen-bond acceptors (Lipinski definition) is 6. The fourth-order valence-electron chi connectivity index (χ4n) is 4.29. The molecule has 0 aliphatic carbocycles. The Hall–Kier alpha value is -4.41. The molecule has 0 aliphatic heterocycles. The van der Waals surface area contributed by atoms with Gasteiger partial charge in [-0.25, -0.2) is 8.78 Å². The molecule has 5 rings (SSSR count). The lowest BCUT2D eigenvalue weighted by Crippen LogP contribution is -2.18. The molecule has 2 aromatic heterocycles. The van der Waals surface area contributed by atoms with Crippen LogP contribution in [0.3, 0.4) is 0 Å². The third kappa shape index (κ3) is 5.23. The summed E-state index contributed by atoms with van der Waals surface area (Å²) in [6.07, 6.45) is 0. The molecular weight excluding hydrogens is 562 g/mol. The molecule has 0 saturated heterocycles. The number of rotatable bonds is 8. The molecule has 0 atom stereocenters. The van der Waals surface area contributed by atoms with Crippen LogP contribution in [0.25, 0.3) is 27.7 Å². The Kier molecular flexibility index (Phi) is 7.46. The highest BCUT2D eigenvalue weighted by Crippen LogP contribution is 2.33. The van der Waals surface area contributed by atoms with Gasteiger partial charge < -0.3 is 19.1 Å². The number of nitrogens with zero attached hydrogens (tertiary/aromatic N) is 1. The summed E-state index contributed by atoms with van der Waals surface area (Å²) in [5, 5.41) is 10.6. The first kappa shape index (κ1) is 27.2. The van der Waals surface area contributed by atoms with Crippen LogP contribution < -0.4 is 19.8 Å². The minimum absolute atomic E-state index is 0.0232. The number of aryl methyl sites for hydroxylation is 1. The number of nitrogens with one attached hydrogen (secondary N) is 1. The van der Waals surface area contributed by atoms with Crippen LogP contribution in [-0.4, -0.2) is 27.9 Å². The third-order valence-corrected chi connectivity index (χ3v) is 7.39. The molecule has 204 valence electrons. The highest BCUT2D eigenvalue weighted by molar-refractivity contribution is 7.10. The van der Waals surface area contributed by atoms with E-state index in [0.717, 1.165) is 23.5 Å². The van der Waals surface area contributed by atoms with Crippen molar-refractivity contribution in [2.45, 2.75) is 0 Å². The highest BCUT2D eigenvalue weighted by Gasteiger charge is 2.20. The van der Waals surface area contributed by atoms with Crippen molar-refractivity contribution in [2.75, 3.05) is 13.2 Å². The van der Waals surface area contributed by atoms with E-state index in [4.69, 9.17) is 21.1 Å². The fourth-order valence-corrected chi connectivity index (χ4v) is 5.18. The first-order chi connectivity index (χ1) is 19.1. The van der Waals surface area contributed by atoms with Crippen molar-refractivity contribution in [1.82, 2.24) is 9.55 Å². The van der Waals surface area contributed by atoms with Crippen molar-refractivity contribution in [3.05, 3.63) is 114 Å². The number of aromatic hydroxyl groups is 1. The second-order valence-electron chi connectivity index (χ2n) is 8.75. The lowest BCUT2D eigenvalue weighted by molar-refractivity contribution is 0.216. The van der Waals surface area contributed by atoms with Crippen LogP contribution >= 0.6 is 22.9 Å². The summed E-state index contributed by atoms with van der Waals surface area (Å²) in [7, 11) is 1.68. The topological polar surface area (TPSA) is 93.5 Å². The van der Waals surface area contributed by atoms with E-state index in [-0.39, 0.29) is 41.0 Å². The Labute approximate surface area is 235 Å². The van der Waals surface area contributed by atoms with Gasteiger partial charge in [-0.05, 0) is 59.7 Å². The van der Waals surface area contributed by atoms with Gasteiger partial charge in [-0.3, -0.25) is 14.6 Å². The van der Waals surface area contributed by atoms with Gasteiger partial charge >= 0.3 is 4.87 Å². The average Bonchev–Trinajstić information content (AvgIpc) is 3.28. The predicted octanol–water partition coefficient (Wildman–Crippen LogP) is 6.11. The van der Waals surface area contributed by atoms with E-state index in [1.165, 1.54) is 6.07 Å². The molecule has 0 fully saturated rings. The number of thiazole rings is 1. The maximum atomic E-state index is 14.1. The Bertz CT molecular complexity index is 1880. The summed E-state index contributed by atoms with van der Waals surface area (Å²) in [5.74, 6) is -1.83. The van der Waals surface area contributed by atoms with Gasteiger partial charge in [0.25, 0.3) is 0 Å². The molecule has 7 nitrogen and oxygen atoms in total. The minimum atomic E-state index is -1.06. The summed E-state index contributed by atoms with van der Waals surface area (Å²) >= 11 is 7.01. The number of pyridine rings is 1. The molecule has 0 amide bonds. The number of aromatic nitrogens is 2. The molecule has 0 spiro atoms. The van der Waals surface area contributed by atoms with E-state index < -0.39 is 17.1 Å². The second-order valence-corrected chi connectivity index (χ2v) is 10.2. The maximum Gasteiger partial charge on any atom is 0.307 e. The molecular formula is C29H21ClF2N2O5S. The van der Waals surface area contributed by atoms with Crippen LogP contribution in [-0.2, 0) is 7.05 Å². The van der Waals surface area contributed by atoms with E-state index in [2.05, 4.69) is 11.6 Å². The number of aromatic amines is 1. The molecule has 0 saturated carbocycles. The zero-order chi connectivity index (χ0) is 28.6. The lowest BCUT2D eigenvalue weighted by atomic mass is 10.1. The molecule has 2 heterocycles. The second kappa shape index (κ2) is 11.0. The molecule has 40 heavy (non-hydrogen) atoms. The average molecular weight is 583 g/mol. The lowest BCUT2D eigenvalue weighted by Gasteiger charge is -2.18. The molecule has 2 N–H and O–H groups in total. The first-order valence-electron chi connectivity index (χ1n) is 11.9. The Morgan fingerprint density at radius 3 is 2.42 bits per heavy atom. The number of fused-ring (bicyclic) bond motifs is 1. The quantitative estimate of drug-likeness (QED) is 0.215. The van der Waals surface area contributed by atoms with E-state index in [9.17, 15) is 23.5 Å². The zero-order valence-corrected chi connectivity index (χ0v) is 22.5. The SMILES string of the molecule is C=C(c1ccc(OCCOc2c(-c3ccc(F)c(F)c3)n(C)c3cc(Cl)ccc3c2=O)cc1)c1sc(=O)[nH]c1O. The Morgan fingerprint density at radius 1 is 1.02 bits per heavy atom. The molecule has 0 unspecified atom stereocenters. The standard InChI is InChI=1S/C29H21ClF2N2O5S/c1-15(27-28(36)33-29(37)40-27)16-3-7-19(8-4-16)38-11-12-39-26-24(17-5-10-21(31)22(32)13-17)34(2)23-14-18(30)6-9-20(23)25(26)35/h3-10,13-14,36H,1,11-12H2,2H3,(H,33,37). The highest BCUT2D eigenvalue weighted by atomic mass is 35.5. The van der Waals surface area contributed by atoms with Gasteiger partial charge in [0.05, 0.1) is 16.1 Å². The summed E-state index contributed by atoms with van der Waals surface area (Å²) in [6.45, 7) is 3.99. The van der Waals surface area contributed by atoms with E-state index in [1.807, 2.05) is 0 Å². The number of H-pyrrole nitrogens is 1. The van der Waals surface area contributed by atoms with Gasteiger partial charge in [0.1, 0.15) is 19.0 Å². The van der Waals surface area contributed by atoms with Crippen LogP contribution in [0.15, 0.2) is 76.8 Å². The predicted molar refractivity (Wildman–Crippen MR) is 152 cm³/mol. The van der Waals surface area contributed by atoms with E-state index in [0.29, 0.717) is 37.7 Å². The van der Waals surface area contributed by atoms with Crippen molar-refractivity contribution < 1.29 is 23.4 Å². The smallest absolute Gasteiger partial charge is 0.307 e. The molecule has 0 bridgehead atoms. The van der Waals surface area contributed by atoms with E-state index >= 15 is 0 Å². The first-order valence-corrected chi connectivity index (χ1v) is 13.1. The van der Waals surface area contributed by atoms with Crippen LogP contribution in [0.1, 0.15) is 10.4 Å². The van der Waals surface area contributed by atoms with Crippen LogP contribution in [0.4, 0.5) is 8.78 Å². The van der Waals surface area contributed by atoms with Gasteiger partial charge in [-0.2, -0.15) is 0 Å². The molecule has 0 radical (unpaired) electrons. The molecule has 3 aromatic carbocycles. The molecule has 0 aliphatic rings. The maximum absolute atomic E-state index is 14.1. The van der Waals surface area contributed by atoms with Gasteiger partial charge in [0.15, 0.2) is 17.4 Å². The fraction of sp³-hybridized carbons (Fsp3) is 0.103. The summed E-state index contributed by atoms with van der Waals surface area (Å²) in [5.41, 5.74) is 1.76. The van der Waals surface area contributed by atoms with E-state index in [1.54, 1.807) is 54.1 Å². The van der Waals surface area contributed by atoms with Crippen molar-refractivity contribution in [3.63, 3.8) is 0 Å². The van der Waals surface area contributed by atoms with Crippen LogP contribution in [0.5, 0.6) is 17.4 Å². The summed E-state index contributed by atoms with van der Waals surface area (Å²) < 4.78 is 41.1. The number of halogens is 3. The Balaban J connectivity index is 1.36. The monoisotopic (exact) mass is 582 g/mol. The van der Waals surface area contributed by atoms with Gasteiger partial charge in [0.2, 0.25) is 11.3 Å². The van der Waals surface area contributed by atoms with Gasteiger partial charge in [-0.1, -0.05) is 41.6 Å². The van der Waals surface area contributed by atoms with Crippen molar-refractivity contribution in [3.8, 4) is 28.6 Å². The van der Waals surface area contributed by atoms with Crippen molar-refractivity contribution in [1.29, 1.82) is 0 Å². The van der Waals surface area contributed by atoms with Crippen molar-refractivity contribution >= 4 is 39.4 Å². The summed E-state index contributed by atoms with van der Waals surface area (Å²) in [4.78, 5) is 27.2. The largest absolute Gasteiger partial charge is 0.493 e. The number of hydrogen-bond donors (Lipinski definition) is 2. The molecule has 5 aromatic rings. The summed E-state index contributed by atoms with van der Waals surface area (Å²) in [6, 6.07) is 15.0. The Morgan fingerprint density at radius 2 is 1.75 bits per heavy atom. The minimum Gasteiger partial charge on any atom is -0.493 e. The van der Waals surface area contributed by atoms with Gasteiger partial charge in [-0.15, -0.1) is 0 Å². The zero-order valence-electron chi connectivity index (χ0n) is 21.0. The van der Waals surface area contributed by atoms with Crippen molar-refractivity contribution in [2.24, 2.45) is 7.05 Å². The third-order valence-electron chi connectivity index (χ3n) is 6.22. The number of ether oxygens (including phenoxy) is 2. The number of benzene rings is 3. The van der Waals surface area contributed by atoms with Gasteiger partial charge in [0, 0.05) is 23.0 Å². The molecule has 11 heteroatoms. The van der Waals surface area contributed by atoms with Crippen LogP contribution in [0.2, 0.25) is 5.02 Å². The normalized spacial score (nSPS) is 11.1.